The monoisotopic (exact) mass is 316 g/mol. The van der Waals surface area contributed by atoms with Gasteiger partial charge in [0.05, 0.1) is 11.3 Å². The summed E-state index contributed by atoms with van der Waals surface area (Å²) in [4.78, 5) is 32.9. The maximum absolute atomic E-state index is 11.6. The summed E-state index contributed by atoms with van der Waals surface area (Å²) >= 11 is 0. The number of anilines is 1. The van der Waals surface area contributed by atoms with Crippen LogP contribution in [0.5, 0.6) is 0 Å². The van der Waals surface area contributed by atoms with E-state index in [0.29, 0.717) is 11.0 Å². The zero-order valence-electron chi connectivity index (χ0n) is 10.2. The minimum absolute atomic E-state index is 0.413. The van der Waals surface area contributed by atoms with Gasteiger partial charge in [-0.25, -0.2) is 4.90 Å². The quantitative estimate of drug-likeness (QED) is 0.326. The van der Waals surface area contributed by atoms with Crippen molar-refractivity contribution in [3.8, 4) is 0 Å². The smallest absolute Gasteiger partial charge is 0.294 e. The number of aliphatic hydroxyl groups is 1. The van der Waals surface area contributed by atoms with E-state index in [9.17, 15) is 33.2 Å². The van der Waals surface area contributed by atoms with Crippen molar-refractivity contribution in [3.05, 3.63) is 28.3 Å². The first-order valence-corrected chi connectivity index (χ1v) is 6.87. The van der Waals surface area contributed by atoms with E-state index in [0.717, 1.165) is 12.1 Å². The van der Waals surface area contributed by atoms with Gasteiger partial charge in [-0.3, -0.25) is 24.3 Å². The van der Waals surface area contributed by atoms with Crippen LogP contribution >= 0.6 is 0 Å². The van der Waals surface area contributed by atoms with Gasteiger partial charge in [0, 0.05) is 6.07 Å². The number of nitro groups is 1. The van der Waals surface area contributed by atoms with Crippen molar-refractivity contribution < 1.29 is 32.6 Å². The van der Waals surface area contributed by atoms with Gasteiger partial charge in [0.2, 0.25) is 5.91 Å². The molecule has 2 rings (SSSR count). The molecule has 2 amide bonds. The lowest BCUT2D eigenvalue weighted by molar-refractivity contribution is -0.384. The Bertz CT molecular complexity index is 756. The first-order chi connectivity index (χ1) is 9.62. The van der Waals surface area contributed by atoms with E-state index < -0.39 is 55.7 Å². The second-order valence-electron chi connectivity index (χ2n) is 4.17. The molecule has 1 heterocycles. The average Bonchev–Trinajstić information content (AvgIpc) is 2.61. The molecule has 0 bridgehead atoms. The number of nitrogens with zero attached hydrogens (tertiary/aromatic N) is 2. The van der Waals surface area contributed by atoms with E-state index in [1.165, 1.54) is 0 Å². The Balaban J connectivity index is 2.62. The fraction of sp³-hybridized carbons (Fsp3) is 0.200. The molecule has 1 aliphatic heterocycles. The summed E-state index contributed by atoms with van der Waals surface area (Å²) in [6.07, 6.45) is -2.12. The number of imide groups is 1. The zero-order valence-corrected chi connectivity index (χ0v) is 11.0. The SMILES string of the molecule is O=C1CC(O)C(=O)N1c1ccc(S(=O)(=O)O)cc1[N+](=O)[O-]. The molecule has 0 radical (unpaired) electrons. The molecule has 1 unspecified atom stereocenters. The maximum Gasteiger partial charge on any atom is 0.294 e. The van der Waals surface area contributed by atoms with Crippen LogP contribution in [-0.4, -0.2) is 40.9 Å². The van der Waals surface area contributed by atoms with Gasteiger partial charge >= 0.3 is 0 Å². The predicted octanol–water partition coefficient (Wildman–Crippen LogP) is -0.534. The predicted molar refractivity (Wildman–Crippen MR) is 66.0 cm³/mol. The number of hydrogen-bond donors (Lipinski definition) is 2. The highest BCUT2D eigenvalue weighted by atomic mass is 32.2. The molecule has 2 N–H and O–H groups in total. The van der Waals surface area contributed by atoms with E-state index in [2.05, 4.69) is 0 Å². The van der Waals surface area contributed by atoms with Crippen molar-refractivity contribution in [2.24, 2.45) is 0 Å². The summed E-state index contributed by atoms with van der Waals surface area (Å²) in [5, 5.41) is 20.3. The average molecular weight is 316 g/mol. The molecule has 1 saturated heterocycles. The Morgan fingerprint density at radius 3 is 2.38 bits per heavy atom. The third-order valence-corrected chi connectivity index (χ3v) is 3.65. The summed E-state index contributed by atoms with van der Waals surface area (Å²) in [5.74, 6) is -1.89. The first kappa shape index (κ1) is 15.0. The molecule has 1 atom stereocenters. The number of hydrogen-bond acceptors (Lipinski definition) is 7. The van der Waals surface area contributed by atoms with Crippen LogP contribution < -0.4 is 4.90 Å². The summed E-state index contributed by atoms with van der Waals surface area (Å²) in [7, 11) is -4.68. The highest BCUT2D eigenvalue weighted by molar-refractivity contribution is 7.85. The topological polar surface area (TPSA) is 155 Å². The van der Waals surface area contributed by atoms with Gasteiger partial charge in [-0.1, -0.05) is 0 Å². The fourth-order valence-electron chi connectivity index (χ4n) is 1.87. The van der Waals surface area contributed by atoms with Crippen LogP contribution in [0.4, 0.5) is 11.4 Å². The molecule has 11 heteroatoms. The Hall–Kier alpha value is -2.37. The molecule has 0 aliphatic carbocycles. The minimum atomic E-state index is -4.68. The Morgan fingerprint density at radius 1 is 1.33 bits per heavy atom. The Kier molecular flexibility index (Phi) is 3.49. The number of carbonyl (C=O) groups excluding carboxylic acids is 2. The first-order valence-electron chi connectivity index (χ1n) is 5.43. The molecule has 1 aliphatic rings. The van der Waals surface area contributed by atoms with Crippen LogP contribution in [0.25, 0.3) is 0 Å². The lowest BCUT2D eigenvalue weighted by atomic mass is 10.2. The van der Waals surface area contributed by atoms with Gasteiger partial charge in [0.1, 0.15) is 16.7 Å². The van der Waals surface area contributed by atoms with Gasteiger partial charge in [-0.05, 0) is 12.1 Å². The van der Waals surface area contributed by atoms with Crippen molar-refractivity contribution in [1.29, 1.82) is 0 Å². The minimum Gasteiger partial charge on any atom is -0.383 e. The normalized spacial score (nSPS) is 19.1. The number of amides is 2. The van der Waals surface area contributed by atoms with E-state index in [-0.39, 0.29) is 0 Å². The summed E-state index contributed by atoms with van der Waals surface area (Å²) in [5.41, 5.74) is -1.33. The molecule has 0 spiro atoms. The van der Waals surface area contributed by atoms with Crippen molar-refractivity contribution in [2.45, 2.75) is 17.4 Å². The second-order valence-corrected chi connectivity index (χ2v) is 5.59. The summed E-state index contributed by atoms with van der Waals surface area (Å²) < 4.78 is 30.8. The fourth-order valence-corrected chi connectivity index (χ4v) is 2.37. The molecule has 21 heavy (non-hydrogen) atoms. The molecule has 1 aromatic rings. The van der Waals surface area contributed by atoms with Gasteiger partial charge in [-0.15, -0.1) is 0 Å². The number of rotatable bonds is 3. The van der Waals surface area contributed by atoms with Gasteiger partial charge < -0.3 is 5.11 Å². The van der Waals surface area contributed by atoms with Crippen LogP contribution in [0, 0.1) is 10.1 Å². The van der Waals surface area contributed by atoms with Crippen LogP contribution in [-0.2, 0) is 19.7 Å². The molecule has 1 fully saturated rings. The van der Waals surface area contributed by atoms with Crippen molar-refractivity contribution in [1.82, 2.24) is 0 Å². The largest absolute Gasteiger partial charge is 0.383 e. The van der Waals surface area contributed by atoms with E-state index in [4.69, 9.17) is 4.55 Å². The lowest BCUT2D eigenvalue weighted by Gasteiger charge is -2.14. The molecule has 10 nitrogen and oxygen atoms in total. The molecule has 112 valence electrons. The van der Waals surface area contributed by atoms with E-state index in [1.807, 2.05) is 0 Å². The van der Waals surface area contributed by atoms with Gasteiger partial charge in [-0.2, -0.15) is 8.42 Å². The van der Waals surface area contributed by atoms with Crippen molar-refractivity contribution in [2.75, 3.05) is 4.90 Å². The van der Waals surface area contributed by atoms with Crippen LogP contribution in [0.1, 0.15) is 6.42 Å². The van der Waals surface area contributed by atoms with Crippen LogP contribution in [0.2, 0.25) is 0 Å². The van der Waals surface area contributed by atoms with Crippen molar-refractivity contribution in [3.63, 3.8) is 0 Å². The standard InChI is InChI=1S/C10H8N2O8S/c13-8-4-9(14)11(10(8)15)6-2-1-5(21(18,19)20)3-7(6)12(16)17/h1-3,8,13H,4H2,(H,18,19,20). The second kappa shape index (κ2) is 4.87. The van der Waals surface area contributed by atoms with E-state index >= 15 is 0 Å². The number of aliphatic hydroxyl groups excluding tert-OH is 1. The highest BCUT2D eigenvalue weighted by Gasteiger charge is 2.41. The molecule has 0 saturated carbocycles. The van der Waals surface area contributed by atoms with Gasteiger partial charge in [0.25, 0.3) is 21.7 Å². The van der Waals surface area contributed by atoms with Crippen LogP contribution in [0.3, 0.4) is 0 Å². The summed E-state index contributed by atoms with van der Waals surface area (Å²) in [6, 6.07) is 2.17. The number of benzene rings is 1. The Morgan fingerprint density at radius 2 is 1.95 bits per heavy atom. The highest BCUT2D eigenvalue weighted by Crippen LogP contribution is 2.33. The molecular formula is C10H8N2O8S. The third-order valence-electron chi connectivity index (χ3n) is 2.81. The zero-order chi connectivity index (χ0) is 15.9. The van der Waals surface area contributed by atoms with Crippen LogP contribution in [0.15, 0.2) is 23.1 Å². The van der Waals surface area contributed by atoms with E-state index in [1.54, 1.807) is 0 Å². The Labute approximate surface area is 117 Å². The molecule has 1 aromatic carbocycles. The third kappa shape index (κ3) is 2.61. The molecular weight excluding hydrogens is 308 g/mol. The van der Waals surface area contributed by atoms with Crippen molar-refractivity contribution >= 4 is 33.3 Å². The van der Waals surface area contributed by atoms with Gasteiger partial charge in [0.15, 0.2) is 0 Å². The maximum atomic E-state index is 11.6. The lowest BCUT2D eigenvalue weighted by Crippen LogP contribution is -2.32. The number of nitro benzene ring substituents is 1. The summed E-state index contributed by atoms with van der Waals surface area (Å²) in [6.45, 7) is 0. The number of carbonyl (C=O) groups is 2. The molecule has 0 aromatic heterocycles.